The molecule has 1 fully saturated rings. The van der Waals surface area contributed by atoms with Gasteiger partial charge in [0.1, 0.15) is 0 Å². The Morgan fingerprint density at radius 3 is 2.30 bits per heavy atom. The summed E-state index contributed by atoms with van der Waals surface area (Å²) >= 11 is 0. The molecule has 0 bridgehead atoms. The number of benzene rings is 2. The van der Waals surface area contributed by atoms with Gasteiger partial charge in [-0.1, -0.05) is 18.2 Å². The second-order valence-corrected chi connectivity index (χ2v) is 6.15. The molecule has 0 unspecified atom stereocenters. The molecule has 1 saturated heterocycles. The van der Waals surface area contributed by atoms with Gasteiger partial charge in [-0.05, 0) is 36.4 Å². The summed E-state index contributed by atoms with van der Waals surface area (Å²) in [4.78, 5) is 26.8. The molecule has 2 aromatic carbocycles. The topological polar surface area (TPSA) is 70.7 Å². The van der Waals surface area contributed by atoms with Crippen molar-refractivity contribution in [1.82, 2.24) is 5.32 Å². The minimum absolute atomic E-state index is 0.195. The summed E-state index contributed by atoms with van der Waals surface area (Å²) in [6, 6.07) is 14.3. The maximum atomic E-state index is 12.6. The molecular weight excluding hydrogens is 342 g/mol. The average molecular weight is 365 g/mol. The van der Waals surface area contributed by atoms with Crippen LogP contribution in [0.5, 0.6) is 0 Å². The fourth-order valence-corrected chi connectivity index (χ4v) is 2.89. The van der Waals surface area contributed by atoms with Crippen LogP contribution in [-0.2, 0) is 4.74 Å². The smallest absolute Gasteiger partial charge is 0.255 e. The van der Waals surface area contributed by atoms with Crippen LogP contribution in [0.2, 0.25) is 0 Å². The van der Waals surface area contributed by atoms with Gasteiger partial charge in [0.2, 0.25) is 0 Å². The second-order valence-electron chi connectivity index (χ2n) is 6.15. The first-order valence-corrected chi connectivity index (χ1v) is 8.91. The van der Waals surface area contributed by atoms with Crippen molar-refractivity contribution in [1.29, 1.82) is 0 Å². The first-order chi connectivity index (χ1) is 13.2. The van der Waals surface area contributed by atoms with E-state index in [2.05, 4.69) is 22.1 Å². The molecule has 2 amide bonds. The van der Waals surface area contributed by atoms with Crippen molar-refractivity contribution in [3.63, 3.8) is 0 Å². The second kappa shape index (κ2) is 9.00. The molecule has 6 nitrogen and oxygen atoms in total. The Hall–Kier alpha value is -3.12. The largest absolute Gasteiger partial charge is 0.378 e. The Morgan fingerprint density at radius 2 is 1.63 bits per heavy atom. The van der Waals surface area contributed by atoms with Gasteiger partial charge in [0, 0.05) is 30.8 Å². The van der Waals surface area contributed by atoms with E-state index in [9.17, 15) is 9.59 Å². The van der Waals surface area contributed by atoms with Gasteiger partial charge in [-0.25, -0.2) is 0 Å². The van der Waals surface area contributed by atoms with E-state index in [1.807, 2.05) is 24.3 Å². The molecule has 2 aromatic rings. The van der Waals surface area contributed by atoms with E-state index in [1.165, 1.54) is 0 Å². The van der Waals surface area contributed by atoms with Crippen LogP contribution < -0.4 is 15.5 Å². The first kappa shape index (κ1) is 18.7. The standard InChI is InChI=1S/C21H23N3O3/c1-2-11-22-20(25)16-7-9-17(10-8-16)21(26)23-18-5-3-4-6-19(18)24-12-14-27-15-13-24/h2-10H,1,11-15H2,(H,22,25)(H,23,26). The van der Waals surface area contributed by atoms with Crippen molar-refractivity contribution in [2.75, 3.05) is 43.1 Å². The van der Waals surface area contributed by atoms with Gasteiger partial charge in [-0.3, -0.25) is 9.59 Å². The highest BCUT2D eigenvalue weighted by molar-refractivity contribution is 6.06. The minimum Gasteiger partial charge on any atom is -0.378 e. The number of carbonyl (C=O) groups excluding carboxylic acids is 2. The van der Waals surface area contributed by atoms with Crippen LogP contribution in [0, 0.1) is 0 Å². The van der Waals surface area contributed by atoms with Gasteiger partial charge in [0.15, 0.2) is 0 Å². The van der Waals surface area contributed by atoms with Crippen LogP contribution in [0.3, 0.4) is 0 Å². The molecule has 0 saturated carbocycles. The zero-order valence-corrected chi connectivity index (χ0v) is 15.1. The van der Waals surface area contributed by atoms with Crippen molar-refractivity contribution < 1.29 is 14.3 Å². The molecule has 6 heteroatoms. The predicted molar refractivity (Wildman–Crippen MR) is 106 cm³/mol. The number of rotatable bonds is 6. The summed E-state index contributed by atoms with van der Waals surface area (Å²) in [6.07, 6.45) is 1.62. The zero-order chi connectivity index (χ0) is 19.1. The Kier molecular flexibility index (Phi) is 6.22. The highest BCUT2D eigenvalue weighted by Gasteiger charge is 2.16. The Morgan fingerprint density at radius 1 is 1.00 bits per heavy atom. The molecule has 0 radical (unpaired) electrons. The summed E-state index contributed by atoms with van der Waals surface area (Å²) in [7, 11) is 0. The maximum absolute atomic E-state index is 12.6. The Bertz CT molecular complexity index is 812. The third-order valence-electron chi connectivity index (χ3n) is 4.32. The third kappa shape index (κ3) is 4.74. The minimum atomic E-state index is -0.214. The van der Waals surface area contributed by atoms with Gasteiger partial charge in [-0.2, -0.15) is 0 Å². The van der Waals surface area contributed by atoms with Gasteiger partial charge in [-0.15, -0.1) is 6.58 Å². The summed E-state index contributed by atoms with van der Waals surface area (Å²) in [5, 5.41) is 5.68. The molecule has 0 aromatic heterocycles. The molecule has 1 aliphatic heterocycles. The number of nitrogens with zero attached hydrogens (tertiary/aromatic N) is 1. The van der Waals surface area contributed by atoms with Crippen molar-refractivity contribution in [3.05, 3.63) is 72.3 Å². The quantitative estimate of drug-likeness (QED) is 0.772. The van der Waals surface area contributed by atoms with Crippen LogP contribution in [0.4, 0.5) is 11.4 Å². The number of ether oxygens (including phenoxy) is 1. The molecule has 27 heavy (non-hydrogen) atoms. The van der Waals surface area contributed by atoms with Crippen molar-refractivity contribution in [3.8, 4) is 0 Å². The normalized spacial score (nSPS) is 13.7. The average Bonchev–Trinajstić information content (AvgIpc) is 2.73. The van der Waals surface area contributed by atoms with Gasteiger partial charge >= 0.3 is 0 Å². The van der Waals surface area contributed by atoms with Crippen molar-refractivity contribution in [2.45, 2.75) is 0 Å². The molecule has 0 aliphatic carbocycles. The predicted octanol–water partition coefficient (Wildman–Crippen LogP) is 2.69. The summed E-state index contributed by atoms with van der Waals surface area (Å²) in [6.45, 7) is 6.91. The van der Waals surface area contributed by atoms with Crippen molar-refractivity contribution in [2.24, 2.45) is 0 Å². The summed E-state index contributed by atoms with van der Waals surface area (Å²) in [5.74, 6) is -0.409. The fraction of sp³-hybridized carbons (Fsp3) is 0.238. The van der Waals surface area contributed by atoms with E-state index in [-0.39, 0.29) is 11.8 Å². The first-order valence-electron chi connectivity index (χ1n) is 8.91. The van der Waals surface area contributed by atoms with Gasteiger partial charge in [0.05, 0.1) is 24.6 Å². The number of hydrogen-bond donors (Lipinski definition) is 2. The molecule has 3 rings (SSSR count). The highest BCUT2D eigenvalue weighted by Crippen LogP contribution is 2.26. The Balaban J connectivity index is 1.70. The molecule has 1 aliphatic rings. The van der Waals surface area contributed by atoms with E-state index in [0.29, 0.717) is 30.9 Å². The molecule has 0 spiro atoms. The lowest BCUT2D eigenvalue weighted by molar-refractivity contribution is 0.0956. The zero-order valence-electron chi connectivity index (χ0n) is 15.1. The van der Waals surface area contributed by atoms with E-state index in [1.54, 1.807) is 30.3 Å². The van der Waals surface area contributed by atoms with Gasteiger partial charge < -0.3 is 20.3 Å². The lowest BCUT2D eigenvalue weighted by Crippen LogP contribution is -2.36. The van der Waals surface area contributed by atoms with Gasteiger partial charge in [0.25, 0.3) is 11.8 Å². The number of anilines is 2. The number of amides is 2. The lowest BCUT2D eigenvalue weighted by atomic mass is 10.1. The molecular formula is C21H23N3O3. The van der Waals surface area contributed by atoms with Crippen molar-refractivity contribution >= 4 is 23.2 Å². The Labute approximate surface area is 158 Å². The number of hydrogen-bond acceptors (Lipinski definition) is 4. The summed E-state index contributed by atoms with van der Waals surface area (Å²) < 4.78 is 5.40. The van der Waals surface area contributed by atoms with Crippen LogP contribution in [0.15, 0.2) is 61.2 Å². The van der Waals surface area contributed by atoms with Crippen LogP contribution in [0.25, 0.3) is 0 Å². The third-order valence-corrected chi connectivity index (χ3v) is 4.32. The van der Waals surface area contributed by atoms with Crippen LogP contribution >= 0.6 is 0 Å². The fourth-order valence-electron chi connectivity index (χ4n) is 2.89. The molecule has 1 heterocycles. The van der Waals surface area contributed by atoms with Crippen LogP contribution in [-0.4, -0.2) is 44.7 Å². The molecule has 2 N–H and O–H groups in total. The van der Waals surface area contributed by atoms with E-state index >= 15 is 0 Å². The molecule has 140 valence electrons. The number of para-hydroxylation sites is 2. The molecule has 0 atom stereocenters. The summed E-state index contributed by atoms with van der Waals surface area (Å²) in [5.41, 5.74) is 2.74. The monoisotopic (exact) mass is 365 g/mol. The van der Waals surface area contributed by atoms with E-state index in [4.69, 9.17) is 4.74 Å². The number of morpholine rings is 1. The SMILES string of the molecule is C=CCNC(=O)c1ccc(C(=O)Nc2ccccc2N2CCOCC2)cc1. The highest BCUT2D eigenvalue weighted by atomic mass is 16.5. The van der Waals surface area contributed by atoms with E-state index in [0.717, 1.165) is 24.5 Å². The maximum Gasteiger partial charge on any atom is 0.255 e. The lowest BCUT2D eigenvalue weighted by Gasteiger charge is -2.30. The number of carbonyl (C=O) groups is 2. The van der Waals surface area contributed by atoms with E-state index < -0.39 is 0 Å². The number of nitrogens with one attached hydrogen (secondary N) is 2. The van der Waals surface area contributed by atoms with Crippen LogP contribution in [0.1, 0.15) is 20.7 Å².